The van der Waals surface area contributed by atoms with Gasteiger partial charge in [0.1, 0.15) is 11.9 Å². The van der Waals surface area contributed by atoms with E-state index in [0.717, 1.165) is 12.2 Å². The van der Waals surface area contributed by atoms with Gasteiger partial charge in [-0.05, 0) is 18.6 Å². The van der Waals surface area contributed by atoms with E-state index in [9.17, 15) is 0 Å². The lowest BCUT2D eigenvalue weighted by Crippen LogP contribution is -2.07. The van der Waals surface area contributed by atoms with E-state index in [1.54, 1.807) is 0 Å². The first-order chi connectivity index (χ1) is 6.93. The van der Waals surface area contributed by atoms with Crippen LogP contribution < -0.4 is 0 Å². The van der Waals surface area contributed by atoms with E-state index in [4.69, 9.17) is 4.74 Å². The Morgan fingerprint density at radius 2 is 2.00 bits per heavy atom. The number of fused-ring (bicyclic) bond motifs is 1. The summed E-state index contributed by atoms with van der Waals surface area (Å²) < 4.78 is 5.85. The van der Waals surface area contributed by atoms with Crippen LogP contribution in [-0.2, 0) is 4.74 Å². The van der Waals surface area contributed by atoms with Crippen molar-refractivity contribution in [3.8, 4) is 0 Å². The molecule has 1 heterocycles. The molecule has 0 N–H and O–H groups in total. The predicted molar refractivity (Wildman–Crippen MR) is 56.5 cm³/mol. The van der Waals surface area contributed by atoms with Crippen molar-refractivity contribution in [3.63, 3.8) is 0 Å². The SMILES string of the molecule is C1=CC2OC(c3ccccc3)=CC2C1. The van der Waals surface area contributed by atoms with E-state index in [2.05, 4.69) is 30.4 Å². The van der Waals surface area contributed by atoms with Crippen LogP contribution >= 0.6 is 0 Å². The van der Waals surface area contributed by atoms with Gasteiger partial charge >= 0.3 is 0 Å². The summed E-state index contributed by atoms with van der Waals surface area (Å²) in [5.74, 6) is 1.62. The Bertz CT molecular complexity index is 389. The number of rotatable bonds is 1. The molecule has 70 valence electrons. The van der Waals surface area contributed by atoms with E-state index in [0.29, 0.717) is 12.0 Å². The third-order valence-electron chi connectivity index (χ3n) is 2.84. The van der Waals surface area contributed by atoms with Crippen molar-refractivity contribution in [3.05, 3.63) is 54.1 Å². The van der Waals surface area contributed by atoms with Crippen molar-refractivity contribution >= 4 is 5.76 Å². The van der Waals surface area contributed by atoms with Crippen LogP contribution in [0.2, 0.25) is 0 Å². The summed E-state index contributed by atoms with van der Waals surface area (Å²) in [5.41, 5.74) is 1.19. The molecule has 1 aliphatic carbocycles. The maximum atomic E-state index is 5.85. The molecule has 0 aromatic heterocycles. The quantitative estimate of drug-likeness (QED) is 0.610. The molecule has 0 spiro atoms. The third-order valence-corrected chi connectivity index (χ3v) is 2.84. The summed E-state index contributed by atoms with van der Waals surface area (Å²) in [5, 5.41) is 0. The summed E-state index contributed by atoms with van der Waals surface area (Å²) in [6.07, 6.45) is 8.04. The first-order valence-corrected chi connectivity index (χ1v) is 5.04. The lowest BCUT2D eigenvalue weighted by atomic mass is 10.1. The Kier molecular flexibility index (Phi) is 1.69. The van der Waals surface area contributed by atoms with Gasteiger partial charge in [0.25, 0.3) is 0 Å². The summed E-state index contributed by atoms with van der Waals surface area (Å²) in [7, 11) is 0. The average Bonchev–Trinajstić information content (AvgIpc) is 2.78. The zero-order chi connectivity index (χ0) is 9.38. The van der Waals surface area contributed by atoms with Crippen LogP contribution in [0.1, 0.15) is 12.0 Å². The van der Waals surface area contributed by atoms with Crippen LogP contribution in [0.25, 0.3) is 5.76 Å². The molecule has 0 saturated carbocycles. The van der Waals surface area contributed by atoms with Crippen molar-refractivity contribution in [2.24, 2.45) is 5.92 Å². The van der Waals surface area contributed by atoms with E-state index in [-0.39, 0.29) is 0 Å². The normalized spacial score (nSPS) is 28.4. The van der Waals surface area contributed by atoms with Gasteiger partial charge in [-0.1, -0.05) is 36.4 Å². The Balaban J connectivity index is 1.89. The molecule has 0 radical (unpaired) electrons. The Morgan fingerprint density at radius 3 is 2.79 bits per heavy atom. The molecule has 14 heavy (non-hydrogen) atoms. The number of hydrogen-bond donors (Lipinski definition) is 0. The highest BCUT2D eigenvalue weighted by atomic mass is 16.5. The Labute approximate surface area is 83.7 Å². The van der Waals surface area contributed by atoms with Crippen molar-refractivity contribution in [2.75, 3.05) is 0 Å². The van der Waals surface area contributed by atoms with Gasteiger partial charge < -0.3 is 4.74 Å². The fourth-order valence-electron chi connectivity index (χ4n) is 2.08. The molecule has 2 atom stereocenters. The van der Waals surface area contributed by atoms with Crippen LogP contribution in [0.3, 0.4) is 0 Å². The smallest absolute Gasteiger partial charge is 0.124 e. The first kappa shape index (κ1) is 7.86. The number of allylic oxidation sites excluding steroid dienone is 1. The minimum atomic E-state index is 0.296. The molecule has 1 nitrogen and oxygen atoms in total. The van der Waals surface area contributed by atoms with E-state index < -0.39 is 0 Å². The zero-order valence-electron chi connectivity index (χ0n) is 7.89. The first-order valence-electron chi connectivity index (χ1n) is 5.04. The minimum absolute atomic E-state index is 0.296. The summed E-state index contributed by atoms with van der Waals surface area (Å²) in [6.45, 7) is 0. The fraction of sp³-hybridized carbons (Fsp3) is 0.231. The summed E-state index contributed by atoms with van der Waals surface area (Å²) in [6, 6.07) is 10.3. The maximum Gasteiger partial charge on any atom is 0.124 e. The van der Waals surface area contributed by atoms with E-state index in [1.807, 2.05) is 18.2 Å². The summed E-state index contributed by atoms with van der Waals surface area (Å²) in [4.78, 5) is 0. The van der Waals surface area contributed by atoms with Crippen LogP contribution in [-0.4, -0.2) is 6.10 Å². The molecule has 1 aliphatic heterocycles. The minimum Gasteiger partial charge on any atom is -0.485 e. The second-order valence-electron chi connectivity index (χ2n) is 3.81. The molecule has 0 fully saturated rings. The van der Waals surface area contributed by atoms with E-state index in [1.165, 1.54) is 5.56 Å². The van der Waals surface area contributed by atoms with Gasteiger partial charge in [0, 0.05) is 11.5 Å². The van der Waals surface area contributed by atoms with Crippen molar-refractivity contribution in [1.82, 2.24) is 0 Å². The highest BCUT2D eigenvalue weighted by molar-refractivity contribution is 5.62. The highest BCUT2D eigenvalue weighted by Gasteiger charge is 2.29. The van der Waals surface area contributed by atoms with Gasteiger partial charge in [-0.25, -0.2) is 0 Å². The molecule has 0 amide bonds. The average molecular weight is 184 g/mol. The lowest BCUT2D eigenvalue weighted by molar-refractivity contribution is 0.208. The van der Waals surface area contributed by atoms with Crippen LogP contribution in [0.5, 0.6) is 0 Å². The van der Waals surface area contributed by atoms with Crippen LogP contribution in [0.4, 0.5) is 0 Å². The van der Waals surface area contributed by atoms with Crippen LogP contribution in [0, 0.1) is 5.92 Å². The third kappa shape index (κ3) is 1.17. The van der Waals surface area contributed by atoms with E-state index >= 15 is 0 Å². The summed E-state index contributed by atoms with van der Waals surface area (Å²) >= 11 is 0. The maximum absolute atomic E-state index is 5.85. The predicted octanol–water partition coefficient (Wildman–Crippen LogP) is 3.00. The fourth-order valence-corrected chi connectivity index (χ4v) is 2.08. The Hall–Kier alpha value is -1.50. The van der Waals surface area contributed by atoms with Gasteiger partial charge in [0.05, 0.1) is 0 Å². The molecular formula is C13H12O. The van der Waals surface area contributed by atoms with Gasteiger partial charge in [0.15, 0.2) is 0 Å². The largest absolute Gasteiger partial charge is 0.485 e. The topological polar surface area (TPSA) is 9.23 Å². The van der Waals surface area contributed by atoms with Gasteiger partial charge in [0.2, 0.25) is 0 Å². The molecule has 2 aliphatic rings. The molecule has 1 heteroatoms. The van der Waals surface area contributed by atoms with Gasteiger partial charge in [-0.15, -0.1) is 0 Å². The van der Waals surface area contributed by atoms with Gasteiger partial charge in [-0.2, -0.15) is 0 Å². The number of benzene rings is 1. The molecule has 1 aromatic rings. The van der Waals surface area contributed by atoms with Crippen molar-refractivity contribution in [2.45, 2.75) is 12.5 Å². The standard InChI is InChI=1S/C13H12O/c1-2-5-10(6-3-1)13-9-11-7-4-8-12(11)14-13/h1-6,8-9,11-12H,7H2. The molecule has 3 rings (SSSR count). The molecule has 1 aromatic carbocycles. The number of hydrogen-bond acceptors (Lipinski definition) is 1. The zero-order valence-corrected chi connectivity index (χ0v) is 7.89. The second-order valence-corrected chi connectivity index (χ2v) is 3.81. The van der Waals surface area contributed by atoms with Crippen LogP contribution in [0.15, 0.2) is 48.6 Å². The molecule has 2 unspecified atom stereocenters. The molecule has 0 saturated heterocycles. The van der Waals surface area contributed by atoms with Crippen molar-refractivity contribution in [1.29, 1.82) is 0 Å². The monoisotopic (exact) mass is 184 g/mol. The molecular weight excluding hydrogens is 172 g/mol. The lowest BCUT2D eigenvalue weighted by Gasteiger charge is -2.09. The second kappa shape index (κ2) is 3.02. The number of ether oxygens (including phenoxy) is 1. The molecule has 0 bridgehead atoms. The van der Waals surface area contributed by atoms with Crippen molar-refractivity contribution < 1.29 is 4.74 Å². The highest BCUT2D eigenvalue weighted by Crippen LogP contribution is 2.36. The Morgan fingerprint density at radius 1 is 1.14 bits per heavy atom. The van der Waals surface area contributed by atoms with Gasteiger partial charge in [-0.3, -0.25) is 0 Å².